The van der Waals surface area contributed by atoms with Crippen LogP contribution in [0.15, 0.2) is 24.3 Å². The Morgan fingerprint density at radius 3 is 2.11 bits per heavy atom. The van der Waals surface area contributed by atoms with E-state index >= 15 is 0 Å². The second-order valence-corrected chi connectivity index (χ2v) is 6.53. The second-order valence-electron chi connectivity index (χ2n) is 6.53. The lowest BCUT2D eigenvalue weighted by molar-refractivity contribution is 0.419. The van der Waals surface area contributed by atoms with Crippen LogP contribution >= 0.6 is 0 Å². The van der Waals surface area contributed by atoms with Gasteiger partial charge in [-0.2, -0.15) is 0 Å². The zero-order valence-electron chi connectivity index (χ0n) is 13.5. The Kier molecular flexibility index (Phi) is 5.86. The predicted octanol–water partition coefficient (Wildman–Crippen LogP) is 4.23. The van der Waals surface area contributed by atoms with Gasteiger partial charge in [-0.1, -0.05) is 46.8 Å². The van der Waals surface area contributed by atoms with Gasteiger partial charge < -0.3 is 10.2 Å². The molecule has 1 aromatic carbocycles. The first-order valence-electron chi connectivity index (χ1n) is 7.42. The van der Waals surface area contributed by atoms with Crippen LogP contribution in [0.2, 0.25) is 0 Å². The molecule has 1 N–H and O–H groups in total. The fourth-order valence-corrected chi connectivity index (χ4v) is 2.51. The van der Waals surface area contributed by atoms with Gasteiger partial charge in [-0.15, -0.1) is 0 Å². The summed E-state index contributed by atoms with van der Waals surface area (Å²) >= 11 is 0. The molecule has 1 atom stereocenters. The van der Waals surface area contributed by atoms with Gasteiger partial charge in [0.25, 0.3) is 0 Å². The highest BCUT2D eigenvalue weighted by molar-refractivity contribution is 5.47. The summed E-state index contributed by atoms with van der Waals surface area (Å²) in [6, 6.07) is 9.46. The summed E-state index contributed by atoms with van der Waals surface area (Å²) in [5.74, 6) is 0. The topological polar surface area (TPSA) is 15.3 Å². The molecule has 1 aromatic rings. The summed E-state index contributed by atoms with van der Waals surface area (Å²) in [5.41, 5.74) is 3.01. The predicted molar refractivity (Wildman–Crippen MR) is 85.9 cm³/mol. The molecule has 0 radical (unpaired) electrons. The van der Waals surface area contributed by atoms with Gasteiger partial charge in [0.2, 0.25) is 0 Å². The molecule has 0 aliphatic heterocycles. The van der Waals surface area contributed by atoms with Crippen molar-refractivity contribution in [2.75, 3.05) is 25.0 Å². The molecule has 0 saturated carbocycles. The quantitative estimate of drug-likeness (QED) is 0.825. The molecule has 1 unspecified atom stereocenters. The Hall–Kier alpha value is -1.02. The number of hydrogen-bond donors (Lipinski definition) is 1. The fourth-order valence-electron chi connectivity index (χ4n) is 2.51. The second kappa shape index (κ2) is 6.95. The molecule has 0 aromatic heterocycles. The molecule has 0 bridgehead atoms. The van der Waals surface area contributed by atoms with E-state index < -0.39 is 0 Å². The zero-order valence-corrected chi connectivity index (χ0v) is 13.5. The largest absolute Gasteiger partial charge is 0.374 e. The van der Waals surface area contributed by atoms with E-state index in [1.54, 1.807) is 0 Å². The first-order valence-corrected chi connectivity index (χ1v) is 7.42. The minimum Gasteiger partial charge on any atom is -0.374 e. The van der Waals surface area contributed by atoms with E-state index in [4.69, 9.17) is 0 Å². The summed E-state index contributed by atoms with van der Waals surface area (Å²) in [4.78, 5) is 2.33. The summed E-state index contributed by atoms with van der Waals surface area (Å²) in [5, 5.41) is 3.52. The van der Waals surface area contributed by atoms with Gasteiger partial charge in [0, 0.05) is 25.3 Å². The van der Waals surface area contributed by atoms with Crippen LogP contribution in [-0.4, -0.2) is 20.1 Å². The first kappa shape index (κ1) is 16.0. The number of benzene rings is 1. The number of nitrogens with one attached hydrogen (secondary N) is 1. The molecule has 0 fully saturated rings. The third-order valence-electron chi connectivity index (χ3n) is 3.31. The van der Waals surface area contributed by atoms with E-state index in [1.165, 1.54) is 11.3 Å². The maximum atomic E-state index is 3.52. The van der Waals surface area contributed by atoms with Crippen LogP contribution in [0.5, 0.6) is 0 Å². The number of nitrogens with zero attached hydrogens (tertiary/aromatic N) is 1. The Balaban J connectivity index is 2.75. The van der Waals surface area contributed by atoms with Crippen LogP contribution in [0, 0.1) is 5.41 Å². The third-order valence-corrected chi connectivity index (χ3v) is 3.31. The standard InChI is InChI=1S/C17H30N2/c1-7-16(18-8-2)14-9-11-15(12-10-14)19(6)13-17(3,4)5/h9-12,16,18H,7-8,13H2,1-6H3. The van der Waals surface area contributed by atoms with Crippen LogP contribution in [0.4, 0.5) is 5.69 Å². The summed E-state index contributed by atoms with van der Waals surface area (Å²) in [6.45, 7) is 13.3. The van der Waals surface area contributed by atoms with Gasteiger partial charge in [-0.25, -0.2) is 0 Å². The molecule has 0 heterocycles. The highest BCUT2D eigenvalue weighted by atomic mass is 15.1. The third kappa shape index (κ3) is 5.23. The molecule has 2 nitrogen and oxygen atoms in total. The number of anilines is 1. The summed E-state index contributed by atoms with van der Waals surface area (Å²) in [6.07, 6.45) is 1.13. The average molecular weight is 262 g/mol. The van der Waals surface area contributed by atoms with Gasteiger partial charge in [-0.3, -0.25) is 0 Å². The Morgan fingerprint density at radius 1 is 1.11 bits per heavy atom. The lowest BCUT2D eigenvalue weighted by Crippen LogP contribution is -2.29. The van der Waals surface area contributed by atoms with Crippen molar-refractivity contribution in [2.45, 2.75) is 47.1 Å². The first-order chi connectivity index (χ1) is 8.87. The Labute approximate surface area is 119 Å². The minimum absolute atomic E-state index is 0.323. The van der Waals surface area contributed by atoms with Crippen molar-refractivity contribution in [1.29, 1.82) is 0 Å². The summed E-state index contributed by atoms with van der Waals surface area (Å²) in [7, 11) is 2.17. The van der Waals surface area contributed by atoms with Crippen LogP contribution < -0.4 is 10.2 Å². The molecule has 19 heavy (non-hydrogen) atoms. The Bertz CT molecular complexity index is 362. The van der Waals surface area contributed by atoms with Crippen molar-refractivity contribution in [3.8, 4) is 0 Å². The average Bonchev–Trinajstić information content (AvgIpc) is 2.34. The molecule has 0 saturated heterocycles. The van der Waals surface area contributed by atoms with E-state index in [0.29, 0.717) is 11.5 Å². The molecule has 0 aliphatic carbocycles. The lowest BCUT2D eigenvalue weighted by atomic mass is 9.96. The smallest absolute Gasteiger partial charge is 0.0363 e. The van der Waals surface area contributed by atoms with Crippen molar-refractivity contribution in [2.24, 2.45) is 5.41 Å². The zero-order chi connectivity index (χ0) is 14.5. The van der Waals surface area contributed by atoms with Gasteiger partial charge in [-0.05, 0) is 36.1 Å². The monoisotopic (exact) mass is 262 g/mol. The van der Waals surface area contributed by atoms with Crippen LogP contribution in [0.25, 0.3) is 0 Å². The Morgan fingerprint density at radius 2 is 1.68 bits per heavy atom. The number of hydrogen-bond acceptors (Lipinski definition) is 2. The molecular formula is C17H30N2. The maximum absolute atomic E-state index is 3.52. The lowest BCUT2D eigenvalue weighted by Gasteiger charge is -2.28. The normalized spacial score (nSPS) is 13.4. The minimum atomic E-state index is 0.323. The van der Waals surface area contributed by atoms with Gasteiger partial charge >= 0.3 is 0 Å². The highest BCUT2D eigenvalue weighted by Gasteiger charge is 2.14. The van der Waals surface area contributed by atoms with Crippen molar-refractivity contribution in [3.05, 3.63) is 29.8 Å². The molecule has 108 valence electrons. The van der Waals surface area contributed by atoms with Crippen LogP contribution in [0.1, 0.15) is 52.6 Å². The summed E-state index contributed by atoms with van der Waals surface area (Å²) < 4.78 is 0. The van der Waals surface area contributed by atoms with Gasteiger partial charge in [0.05, 0.1) is 0 Å². The van der Waals surface area contributed by atoms with Gasteiger partial charge in [0.1, 0.15) is 0 Å². The molecule has 1 rings (SSSR count). The van der Waals surface area contributed by atoms with Crippen molar-refractivity contribution < 1.29 is 0 Å². The molecule has 2 heteroatoms. The van der Waals surface area contributed by atoms with E-state index in [9.17, 15) is 0 Å². The SMILES string of the molecule is CCNC(CC)c1ccc(N(C)CC(C)(C)C)cc1. The molecule has 0 spiro atoms. The molecule has 0 amide bonds. The molecular weight excluding hydrogens is 232 g/mol. The van der Waals surface area contributed by atoms with Crippen molar-refractivity contribution in [1.82, 2.24) is 5.32 Å². The number of rotatable bonds is 6. The van der Waals surface area contributed by atoms with Crippen molar-refractivity contribution in [3.63, 3.8) is 0 Å². The highest BCUT2D eigenvalue weighted by Crippen LogP contribution is 2.23. The van der Waals surface area contributed by atoms with E-state index in [0.717, 1.165) is 19.5 Å². The maximum Gasteiger partial charge on any atom is 0.0363 e. The van der Waals surface area contributed by atoms with Crippen LogP contribution in [0.3, 0.4) is 0 Å². The van der Waals surface area contributed by atoms with Crippen molar-refractivity contribution >= 4 is 5.69 Å². The van der Waals surface area contributed by atoms with E-state index in [1.807, 2.05) is 0 Å². The van der Waals surface area contributed by atoms with Crippen LogP contribution in [-0.2, 0) is 0 Å². The molecule has 0 aliphatic rings. The van der Waals surface area contributed by atoms with E-state index in [2.05, 4.69) is 76.1 Å². The fraction of sp³-hybridized carbons (Fsp3) is 0.647. The van der Waals surface area contributed by atoms with Gasteiger partial charge in [0.15, 0.2) is 0 Å². The van der Waals surface area contributed by atoms with E-state index in [-0.39, 0.29) is 0 Å².